The molecular weight excluding hydrogens is 571 g/mol. The van der Waals surface area contributed by atoms with Gasteiger partial charge in [0.25, 0.3) is 0 Å². The second-order valence-electron chi connectivity index (χ2n) is 10.4. The van der Waals surface area contributed by atoms with Crippen LogP contribution in [0.1, 0.15) is 60.1 Å². The smallest absolute Gasteiger partial charge is 0.240 e. The van der Waals surface area contributed by atoms with Gasteiger partial charge in [-0.05, 0) is 110 Å². The van der Waals surface area contributed by atoms with E-state index in [1.165, 1.54) is 48.5 Å². The molecule has 2 N–H and O–H groups in total. The second-order valence-corrected chi connectivity index (χ2v) is 13.9. The third kappa shape index (κ3) is 7.43. The first-order chi connectivity index (χ1) is 20.1. The zero-order valence-corrected chi connectivity index (χ0v) is 25.4. The number of sulfonamides is 2. The minimum absolute atomic E-state index is 0.0259. The van der Waals surface area contributed by atoms with Crippen molar-refractivity contribution in [3.63, 3.8) is 0 Å². The van der Waals surface area contributed by atoms with Crippen LogP contribution < -0.4 is 9.44 Å². The van der Waals surface area contributed by atoms with Gasteiger partial charge in [0.1, 0.15) is 0 Å². The number of nitrogens with zero attached hydrogens (tertiary/aromatic N) is 3. The molecule has 0 atom stereocenters. The monoisotopic (exact) mass is 605 g/mol. The van der Waals surface area contributed by atoms with Crippen molar-refractivity contribution in [1.29, 1.82) is 10.5 Å². The van der Waals surface area contributed by atoms with Crippen molar-refractivity contribution in [3.8, 4) is 12.1 Å². The number of nitriles is 2. The number of hydrogen-bond acceptors (Lipinski definition) is 7. The molecule has 9 nitrogen and oxygen atoms in total. The molecule has 0 aliphatic heterocycles. The Labute approximate surface area is 248 Å². The normalized spacial score (nSPS) is 13.5. The second kappa shape index (κ2) is 13.6. The third-order valence-electron chi connectivity index (χ3n) is 7.46. The molecule has 0 amide bonds. The van der Waals surface area contributed by atoms with Crippen LogP contribution in [0.5, 0.6) is 0 Å². The average Bonchev–Trinajstić information content (AvgIpc) is 3.41. The summed E-state index contributed by atoms with van der Waals surface area (Å²) in [5.74, 6) is 0. The van der Waals surface area contributed by atoms with Crippen molar-refractivity contribution >= 4 is 20.0 Å². The van der Waals surface area contributed by atoms with Crippen LogP contribution in [0.4, 0.5) is 0 Å². The highest BCUT2D eigenvalue weighted by molar-refractivity contribution is 7.89. The van der Waals surface area contributed by atoms with E-state index in [4.69, 9.17) is 10.5 Å². The van der Waals surface area contributed by atoms with Crippen LogP contribution in [0.2, 0.25) is 0 Å². The summed E-state index contributed by atoms with van der Waals surface area (Å²) >= 11 is 0. The molecular formula is C31H35N5O4S2. The molecule has 0 spiro atoms. The Morgan fingerprint density at radius 3 is 1.43 bits per heavy atom. The maximum atomic E-state index is 13.1. The molecule has 1 aliphatic carbocycles. The first-order valence-corrected chi connectivity index (χ1v) is 16.9. The van der Waals surface area contributed by atoms with E-state index in [9.17, 15) is 16.8 Å². The highest BCUT2D eigenvalue weighted by atomic mass is 32.2. The topological polar surface area (TPSA) is 143 Å². The van der Waals surface area contributed by atoms with E-state index in [2.05, 4.69) is 28.2 Å². The largest absolute Gasteiger partial charge is 0.300 e. The van der Waals surface area contributed by atoms with Crippen LogP contribution in [0.15, 0.2) is 70.5 Å². The molecule has 0 radical (unpaired) electrons. The van der Waals surface area contributed by atoms with Crippen LogP contribution in [-0.4, -0.2) is 40.9 Å². The molecule has 3 aromatic carbocycles. The Balaban J connectivity index is 1.61. The molecule has 220 valence electrons. The lowest BCUT2D eigenvalue weighted by Gasteiger charge is -2.27. The summed E-state index contributed by atoms with van der Waals surface area (Å²) in [6, 6.07) is 19.6. The Morgan fingerprint density at radius 2 is 1.10 bits per heavy atom. The first-order valence-electron chi connectivity index (χ1n) is 14.0. The fourth-order valence-electron chi connectivity index (χ4n) is 5.32. The maximum absolute atomic E-state index is 13.1. The van der Waals surface area contributed by atoms with Gasteiger partial charge in [0.05, 0.1) is 33.1 Å². The van der Waals surface area contributed by atoms with Gasteiger partial charge in [0, 0.05) is 19.1 Å². The van der Waals surface area contributed by atoms with Gasteiger partial charge in [-0.15, -0.1) is 0 Å². The summed E-state index contributed by atoms with van der Waals surface area (Å²) in [7, 11) is -7.76. The van der Waals surface area contributed by atoms with Crippen molar-refractivity contribution in [3.05, 3.63) is 94.0 Å². The van der Waals surface area contributed by atoms with Crippen LogP contribution in [0.3, 0.4) is 0 Å². The zero-order valence-electron chi connectivity index (χ0n) is 23.8. The van der Waals surface area contributed by atoms with E-state index < -0.39 is 20.0 Å². The highest BCUT2D eigenvalue weighted by Crippen LogP contribution is 2.30. The molecule has 0 saturated carbocycles. The van der Waals surface area contributed by atoms with Crippen LogP contribution in [-0.2, 0) is 46.0 Å². The summed E-state index contributed by atoms with van der Waals surface area (Å²) in [5.41, 5.74) is 4.38. The number of benzene rings is 3. The molecule has 11 heteroatoms. The van der Waals surface area contributed by atoms with Crippen LogP contribution in [0.25, 0.3) is 0 Å². The minimum Gasteiger partial charge on any atom is -0.300 e. The zero-order chi connectivity index (χ0) is 30.3. The molecule has 0 fully saturated rings. The van der Waals surface area contributed by atoms with Gasteiger partial charge >= 0.3 is 0 Å². The average molecular weight is 606 g/mol. The highest BCUT2D eigenvalue weighted by Gasteiger charge is 2.28. The van der Waals surface area contributed by atoms with Gasteiger partial charge in [-0.3, -0.25) is 4.90 Å². The van der Waals surface area contributed by atoms with Crippen molar-refractivity contribution < 1.29 is 16.8 Å². The van der Waals surface area contributed by atoms with E-state index in [1.807, 2.05) is 24.3 Å². The minimum atomic E-state index is -3.88. The number of fused-ring (bicyclic) bond motifs is 1. The summed E-state index contributed by atoms with van der Waals surface area (Å²) in [4.78, 5) is 2.58. The molecule has 0 heterocycles. The van der Waals surface area contributed by atoms with E-state index in [-0.39, 0.29) is 22.9 Å². The fraction of sp³-hybridized carbons (Fsp3) is 0.355. The SMILES string of the molecule is CCCN(CCC)C1Cc2cc(CNS(=O)(=O)c3ccc(C#N)cc3)c(CNS(=O)(=O)c3ccc(C#N)cc3)cc2C1. The molecule has 0 saturated heterocycles. The third-order valence-corrected chi connectivity index (χ3v) is 10.3. The molecule has 0 bridgehead atoms. The predicted molar refractivity (Wildman–Crippen MR) is 160 cm³/mol. The summed E-state index contributed by atoms with van der Waals surface area (Å²) in [5, 5.41) is 18.1. The van der Waals surface area contributed by atoms with Crippen molar-refractivity contribution in [2.24, 2.45) is 0 Å². The number of nitrogens with one attached hydrogen (secondary N) is 2. The van der Waals surface area contributed by atoms with Gasteiger partial charge in [0.15, 0.2) is 0 Å². The van der Waals surface area contributed by atoms with E-state index >= 15 is 0 Å². The molecule has 3 aromatic rings. The quantitative estimate of drug-likeness (QED) is 0.300. The Hall–Kier alpha value is -3.58. The maximum Gasteiger partial charge on any atom is 0.240 e. The van der Waals surface area contributed by atoms with E-state index in [0.717, 1.165) is 49.9 Å². The lowest BCUT2D eigenvalue weighted by molar-refractivity contribution is 0.202. The number of rotatable bonds is 13. The van der Waals surface area contributed by atoms with Gasteiger partial charge in [0.2, 0.25) is 20.0 Å². The van der Waals surface area contributed by atoms with E-state index in [1.54, 1.807) is 0 Å². The molecule has 1 aliphatic rings. The standard InChI is InChI=1S/C31H35N5O4S2/c1-3-13-36(14-4-2)29-17-25-15-27(21-34-41(37,38)30-9-5-23(19-32)6-10-30)28(16-26(25)18-29)22-35-42(39,40)31-11-7-24(20-33)8-12-31/h5-12,15-16,29,34-35H,3-4,13-14,17-18,21-22H2,1-2H3. The van der Waals surface area contributed by atoms with Gasteiger partial charge < -0.3 is 0 Å². The number of hydrogen-bond donors (Lipinski definition) is 2. The molecule has 42 heavy (non-hydrogen) atoms. The Kier molecular flexibility index (Phi) is 10.2. The Morgan fingerprint density at radius 1 is 0.714 bits per heavy atom. The van der Waals surface area contributed by atoms with Gasteiger partial charge in [-0.2, -0.15) is 10.5 Å². The fourth-order valence-corrected chi connectivity index (χ4v) is 7.33. The van der Waals surface area contributed by atoms with Crippen molar-refractivity contribution in [1.82, 2.24) is 14.3 Å². The lowest BCUT2D eigenvalue weighted by atomic mass is 10.00. The van der Waals surface area contributed by atoms with E-state index in [0.29, 0.717) is 28.3 Å². The van der Waals surface area contributed by atoms with Crippen LogP contribution in [0, 0.1) is 22.7 Å². The molecule has 0 unspecified atom stereocenters. The van der Waals surface area contributed by atoms with Crippen LogP contribution >= 0.6 is 0 Å². The summed E-state index contributed by atoms with van der Waals surface area (Å²) in [6.45, 7) is 6.29. The predicted octanol–water partition coefficient (Wildman–Crippen LogP) is 3.98. The molecule has 0 aromatic heterocycles. The Bertz CT molecular complexity index is 1580. The van der Waals surface area contributed by atoms with Gasteiger partial charge in [-0.25, -0.2) is 26.3 Å². The molecule has 4 rings (SSSR count). The van der Waals surface area contributed by atoms with Crippen molar-refractivity contribution in [2.75, 3.05) is 13.1 Å². The van der Waals surface area contributed by atoms with Gasteiger partial charge in [-0.1, -0.05) is 26.0 Å². The summed E-state index contributed by atoms with van der Waals surface area (Å²) < 4.78 is 57.5. The lowest BCUT2D eigenvalue weighted by Crippen LogP contribution is -2.37. The van der Waals surface area contributed by atoms with Crippen molar-refractivity contribution in [2.45, 2.75) is 68.5 Å². The summed E-state index contributed by atoms with van der Waals surface area (Å²) in [6.07, 6.45) is 3.80. The first kappa shape index (κ1) is 31.4.